The highest BCUT2D eigenvalue weighted by molar-refractivity contribution is 5.96. The fourth-order valence-electron chi connectivity index (χ4n) is 6.30. The molecule has 8 aromatic rings. The smallest absolute Gasteiger partial charge is 0.162 e. The van der Waals surface area contributed by atoms with Gasteiger partial charge in [-0.2, -0.15) is 0 Å². The normalized spacial score (nSPS) is 11.9. The molecule has 0 N–H and O–H groups in total. The van der Waals surface area contributed by atoms with E-state index < -0.39 is 0 Å². The van der Waals surface area contributed by atoms with E-state index in [1.54, 1.807) is 0 Å². The predicted octanol–water partition coefficient (Wildman–Crippen LogP) is 9.66. The Labute approximate surface area is 266 Å². The van der Waals surface area contributed by atoms with Crippen LogP contribution in [0.3, 0.4) is 0 Å². The van der Waals surface area contributed by atoms with Crippen molar-refractivity contribution >= 4 is 28.2 Å². The minimum atomic E-state index is 0.645. The number of hydrogen-bond acceptors (Lipinski definition) is 5. The summed E-state index contributed by atoms with van der Waals surface area (Å²) in [6, 6.07) is 49.9. The lowest BCUT2D eigenvalue weighted by molar-refractivity contribution is 1.09. The van der Waals surface area contributed by atoms with Crippen molar-refractivity contribution in [2.24, 2.45) is 0 Å². The fourth-order valence-corrected chi connectivity index (χ4v) is 6.30. The summed E-state index contributed by atoms with van der Waals surface area (Å²) in [4.78, 5) is 22.3. The molecular weight excluding hydrogens is 564 g/mol. The first-order valence-corrected chi connectivity index (χ1v) is 15.2. The predicted molar refractivity (Wildman–Crippen MR) is 184 cm³/mol. The van der Waals surface area contributed by atoms with Gasteiger partial charge in [-0.3, -0.25) is 14.5 Å². The molecule has 46 heavy (non-hydrogen) atoms. The Hall–Kier alpha value is -6.40. The van der Waals surface area contributed by atoms with E-state index in [1.807, 2.05) is 48.8 Å². The monoisotopic (exact) mass is 590 g/mol. The molecule has 0 unspecified atom stereocenters. The van der Waals surface area contributed by atoms with Crippen molar-refractivity contribution in [2.75, 3.05) is 4.90 Å². The summed E-state index contributed by atoms with van der Waals surface area (Å²) < 4.78 is 2.24. The number of benzene rings is 5. The van der Waals surface area contributed by atoms with Crippen LogP contribution in [0.2, 0.25) is 0 Å². The molecule has 0 radical (unpaired) electrons. The van der Waals surface area contributed by atoms with E-state index >= 15 is 0 Å². The molecule has 216 valence electrons. The summed E-state index contributed by atoms with van der Waals surface area (Å²) >= 11 is 0. The average molecular weight is 591 g/mol. The van der Waals surface area contributed by atoms with E-state index in [1.165, 1.54) is 5.56 Å². The number of pyridine rings is 1. The van der Waals surface area contributed by atoms with Gasteiger partial charge in [0.05, 0.1) is 40.0 Å². The van der Waals surface area contributed by atoms with Crippen molar-refractivity contribution in [1.29, 1.82) is 0 Å². The van der Waals surface area contributed by atoms with E-state index in [2.05, 4.69) is 124 Å². The number of nitrogens with zero attached hydrogens (tertiary/aromatic N) is 6. The topological polar surface area (TPSA) is 59.7 Å². The standard InChI is InChI=1S/C40H26N6/c1-3-11-27(12-4-1)28-19-21-30(22-20-28)39-42-33(29-13-5-2-6-14-29)25-38(44-39)45-35-17-9-10-18-36(35)46-34-16-8-7-15-32(34)43-40(46)31-23-24-41-26-37(31)45/h1-26H. The van der Waals surface area contributed by atoms with Gasteiger partial charge in [-0.25, -0.2) is 15.0 Å². The Kier molecular flexibility index (Phi) is 6.03. The molecule has 1 aliphatic heterocycles. The molecule has 4 heterocycles. The first kappa shape index (κ1) is 26.0. The Morgan fingerprint density at radius 3 is 1.93 bits per heavy atom. The van der Waals surface area contributed by atoms with Crippen LogP contribution < -0.4 is 4.90 Å². The molecule has 3 aromatic heterocycles. The molecule has 0 fully saturated rings. The second-order valence-corrected chi connectivity index (χ2v) is 11.2. The van der Waals surface area contributed by atoms with Crippen molar-refractivity contribution in [3.05, 3.63) is 158 Å². The lowest BCUT2D eigenvalue weighted by Crippen LogP contribution is -2.14. The zero-order chi connectivity index (χ0) is 30.5. The highest BCUT2D eigenvalue weighted by Crippen LogP contribution is 2.47. The lowest BCUT2D eigenvalue weighted by atomic mass is 10.0. The van der Waals surface area contributed by atoms with E-state index in [-0.39, 0.29) is 0 Å². The van der Waals surface area contributed by atoms with Gasteiger partial charge in [-0.05, 0) is 41.5 Å². The second-order valence-electron chi connectivity index (χ2n) is 11.2. The van der Waals surface area contributed by atoms with Crippen LogP contribution in [0.1, 0.15) is 0 Å². The first-order valence-electron chi connectivity index (χ1n) is 15.2. The molecule has 0 saturated heterocycles. The van der Waals surface area contributed by atoms with Gasteiger partial charge in [0.2, 0.25) is 0 Å². The summed E-state index contributed by atoms with van der Waals surface area (Å²) in [6.07, 6.45) is 3.73. The SMILES string of the molecule is c1ccc(-c2ccc(-c3nc(-c4ccccc4)cc(N4c5cnccc5-c5nc6ccccc6n5-c5ccccc54)n3)cc2)cc1. The summed E-state index contributed by atoms with van der Waals surface area (Å²) in [7, 11) is 0. The quantitative estimate of drug-likeness (QED) is 0.204. The molecule has 1 aliphatic rings. The largest absolute Gasteiger partial charge is 0.290 e. The van der Waals surface area contributed by atoms with Crippen LogP contribution in [0.4, 0.5) is 17.2 Å². The third-order valence-electron chi connectivity index (χ3n) is 8.47. The van der Waals surface area contributed by atoms with E-state index in [4.69, 9.17) is 15.0 Å². The van der Waals surface area contributed by atoms with E-state index in [9.17, 15) is 0 Å². The second kappa shape index (κ2) is 10.6. The molecule has 0 atom stereocenters. The molecule has 9 rings (SSSR count). The van der Waals surface area contributed by atoms with Gasteiger partial charge in [0.15, 0.2) is 5.82 Å². The first-order chi connectivity index (χ1) is 22.8. The Bertz CT molecular complexity index is 2360. The molecule has 6 nitrogen and oxygen atoms in total. The summed E-state index contributed by atoms with van der Waals surface area (Å²) in [6.45, 7) is 0. The number of hydrogen-bond donors (Lipinski definition) is 0. The maximum absolute atomic E-state index is 5.26. The van der Waals surface area contributed by atoms with Crippen LogP contribution in [0.25, 0.3) is 61.9 Å². The minimum Gasteiger partial charge on any atom is -0.290 e. The lowest BCUT2D eigenvalue weighted by Gasteiger charge is -2.26. The van der Waals surface area contributed by atoms with Crippen molar-refractivity contribution in [3.63, 3.8) is 0 Å². The summed E-state index contributed by atoms with van der Waals surface area (Å²) in [5.41, 5.74) is 10.9. The van der Waals surface area contributed by atoms with Gasteiger partial charge in [0, 0.05) is 29.0 Å². The Balaban J connectivity index is 1.28. The fraction of sp³-hybridized carbons (Fsp3) is 0. The molecule has 0 spiro atoms. The summed E-state index contributed by atoms with van der Waals surface area (Å²) in [5.74, 6) is 2.25. The number of anilines is 3. The van der Waals surface area contributed by atoms with Crippen LogP contribution in [0.5, 0.6) is 0 Å². The third kappa shape index (κ3) is 4.27. The highest BCUT2D eigenvalue weighted by Gasteiger charge is 2.30. The van der Waals surface area contributed by atoms with Crippen LogP contribution >= 0.6 is 0 Å². The zero-order valence-electron chi connectivity index (χ0n) is 24.7. The van der Waals surface area contributed by atoms with Crippen LogP contribution in [-0.2, 0) is 0 Å². The number of aromatic nitrogens is 5. The average Bonchev–Trinajstić information content (AvgIpc) is 3.47. The molecule has 0 amide bonds. The molecule has 0 saturated carbocycles. The molecular formula is C40H26N6. The highest BCUT2D eigenvalue weighted by atomic mass is 15.3. The van der Waals surface area contributed by atoms with E-state index in [0.29, 0.717) is 5.82 Å². The van der Waals surface area contributed by atoms with Gasteiger partial charge in [-0.1, -0.05) is 109 Å². The maximum atomic E-state index is 5.26. The van der Waals surface area contributed by atoms with Gasteiger partial charge in [0.25, 0.3) is 0 Å². The van der Waals surface area contributed by atoms with Crippen LogP contribution in [0, 0.1) is 0 Å². The number of fused-ring (bicyclic) bond motifs is 7. The molecule has 0 aliphatic carbocycles. The zero-order valence-corrected chi connectivity index (χ0v) is 24.7. The van der Waals surface area contributed by atoms with Crippen molar-refractivity contribution < 1.29 is 0 Å². The molecule has 5 aromatic carbocycles. The van der Waals surface area contributed by atoms with Gasteiger partial charge in [-0.15, -0.1) is 0 Å². The van der Waals surface area contributed by atoms with Gasteiger partial charge >= 0.3 is 0 Å². The van der Waals surface area contributed by atoms with Crippen molar-refractivity contribution in [3.8, 4) is 50.8 Å². The number of imidazole rings is 1. The Morgan fingerprint density at radius 2 is 1.13 bits per heavy atom. The maximum Gasteiger partial charge on any atom is 0.162 e. The van der Waals surface area contributed by atoms with Crippen molar-refractivity contribution in [2.45, 2.75) is 0 Å². The number of para-hydroxylation sites is 4. The van der Waals surface area contributed by atoms with Crippen LogP contribution in [-0.4, -0.2) is 24.5 Å². The van der Waals surface area contributed by atoms with E-state index in [0.717, 1.165) is 67.7 Å². The van der Waals surface area contributed by atoms with Gasteiger partial charge in [0.1, 0.15) is 11.6 Å². The Morgan fingerprint density at radius 1 is 0.478 bits per heavy atom. The van der Waals surface area contributed by atoms with Gasteiger partial charge < -0.3 is 0 Å². The molecule has 0 bridgehead atoms. The van der Waals surface area contributed by atoms with Crippen LogP contribution in [0.15, 0.2) is 158 Å². The van der Waals surface area contributed by atoms with Crippen molar-refractivity contribution in [1.82, 2.24) is 24.5 Å². The minimum absolute atomic E-state index is 0.645. The third-order valence-corrected chi connectivity index (χ3v) is 8.47. The number of rotatable bonds is 4. The summed E-state index contributed by atoms with van der Waals surface area (Å²) in [5, 5.41) is 0. The molecule has 6 heteroatoms.